The third-order valence-corrected chi connectivity index (χ3v) is 6.80. The Balaban J connectivity index is 2.95. The number of nitrogens with one attached hydrogen (secondary N) is 1. The van der Waals surface area contributed by atoms with Gasteiger partial charge in [0.2, 0.25) is 0 Å². The zero-order chi connectivity index (χ0) is 9.03. The van der Waals surface area contributed by atoms with Crippen LogP contribution < -0.4 is 10.2 Å². The quantitative estimate of drug-likeness (QED) is 0.697. The molecule has 0 aliphatic heterocycles. The predicted octanol–water partition coefficient (Wildman–Crippen LogP) is 1.71. The number of hydrogen-bond donors (Lipinski definition) is 1. The predicted molar refractivity (Wildman–Crippen MR) is 57.2 cm³/mol. The molecule has 0 saturated heterocycles. The minimum atomic E-state index is -1.32. The molecule has 1 atom stereocenters. The Morgan fingerprint density at radius 3 is 2.25 bits per heavy atom. The maximum atomic E-state index is 3.48. The van der Waals surface area contributed by atoms with Crippen LogP contribution in [-0.2, 0) is 0 Å². The zero-order valence-corrected chi connectivity index (χ0v) is 9.09. The molecule has 0 spiro atoms. The maximum absolute atomic E-state index is 3.48. The standard InChI is InChI=1S/C10H17NSi/c1-4-12(3,11-2)10-8-6-5-7-9-10/h5-9,11H,4H2,1-3H3. The Bertz CT molecular complexity index is 229. The summed E-state index contributed by atoms with van der Waals surface area (Å²) in [4.78, 5) is 3.48. The minimum Gasteiger partial charge on any atom is -0.337 e. The van der Waals surface area contributed by atoms with Gasteiger partial charge in [-0.1, -0.05) is 43.8 Å². The summed E-state index contributed by atoms with van der Waals surface area (Å²) in [6.45, 7) is 4.62. The van der Waals surface area contributed by atoms with Crippen LogP contribution in [0.2, 0.25) is 12.6 Å². The maximum Gasteiger partial charge on any atom is 0.154 e. The summed E-state index contributed by atoms with van der Waals surface area (Å²) in [5.41, 5.74) is 0. The van der Waals surface area contributed by atoms with Crippen molar-refractivity contribution in [3.63, 3.8) is 0 Å². The third-order valence-electron chi connectivity index (χ3n) is 2.67. The number of rotatable bonds is 3. The van der Waals surface area contributed by atoms with Crippen molar-refractivity contribution in [1.29, 1.82) is 0 Å². The molecular formula is C10H17NSi. The molecule has 1 aromatic rings. The molecule has 1 aromatic carbocycles. The van der Waals surface area contributed by atoms with E-state index >= 15 is 0 Å². The van der Waals surface area contributed by atoms with E-state index in [1.807, 2.05) is 0 Å². The lowest BCUT2D eigenvalue weighted by atomic mass is 10.4. The lowest BCUT2D eigenvalue weighted by Gasteiger charge is -2.25. The fourth-order valence-electron chi connectivity index (χ4n) is 1.33. The smallest absolute Gasteiger partial charge is 0.154 e. The highest BCUT2D eigenvalue weighted by Gasteiger charge is 2.24. The molecule has 0 aliphatic rings. The largest absolute Gasteiger partial charge is 0.337 e. The van der Waals surface area contributed by atoms with Crippen molar-refractivity contribution >= 4 is 13.4 Å². The Morgan fingerprint density at radius 2 is 1.83 bits per heavy atom. The van der Waals surface area contributed by atoms with Gasteiger partial charge in [-0.3, -0.25) is 0 Å². The number of hydrogen-bond acceptors (Lipinski definition) is 1. The lowest BCUT2D eigenvalue weighted by molar-refractivity contribution is 1.13. The van der Waals surface area contributed by atoms with Crippen LogP contribution >= 0.6 is 0 Å². The van der Waals surface area contributed by atoms with E-state index < -0.39 is 8.24 Å². The van der Waals surface area contributed by atoms with Gasteiger partial charge in [-0.25, -0.2) is 0 Å². The van der Waals surface area contributed by atoms with Crippen molar-refractivity contribution in [1.82, 2.24) is 4.98 Å². The average Bonchev–Trinajstić information content (AvgIpc) is 2.18. The molecule has 1 N–H and O–H groups in total. The van der Waals surface area contributed by atoms with Gasteiger partial charge in [-0.05, 0) is 18.3 Å². The van der Waals surface area contributed by atoms with E-state index in [1.165, 1.54) is 11.2 Å². The van der Waals surface area contributed by atoms with Gasteiger partial charge in [0.1, 0.15) is 0 Å². The Labute approximate surface area is 75.9 Å². The zero-order valence-electron chi connectivity index (χ0n) is 8.09. The fraction of sp³-hybridized carbons (Fsp3) is 0.400. The summed E-state index contributed by atoms with van der Waals surface area (Å²) >= 11 is 0. The Morgan fingerprint density at radius 1 is 1.25 bits per heavy atom. The monoisotopic (exact) mass is 179 g/mol. The van der Waals surface area contributed by atoms with Crippen molar-refractivity contribution in [3.8, 4) is 0 Å². The van der Waals surface area contributed by atoms with Crippen molar-refractivity contribution < 1.29 is 0 Å². The van der Waals surface area contributed by atoms with E-state index in [-0.39, 0.29) is 0 Å². The second kappa shape index (κ2) is 3.87. The normalized spacial score (nSPS) is 15.6. The molecule has 2 heteroatoms. The van der Waals surface area contributed by atoms with Crippen LogP contribution in [0.25, 0.3) is 0 Å². The average molecular weight is 179 g/mol. The van der Waals surface area contributed by atoms with Gasteiger partial charge in [-0.15, -0.1) is 0 Å². The Hall–Kier alpha value is -0.603. The van der Waals surface area contributed by atoms with E-state index in [4.69, 9.17) is 0 Å². The van der Waals surface area contributed by atoms with E-state index in [0.717, 1.165) is 0 Å². The van der Waals surface area contributed by atoms with E-state index in [2.05, 4.69) is 55.8 Å². The van der Waals surface area contributed by atoms with Crippen molar-refractivity contribution in [3.05, 3.63) is 30.3 Å². The van der Waals surface area contributed by atoms with Gasteiger partial charge in [0, 0.05) is 0 Å². The summed E-state index contributed by atoms with van der Waals surface area (Å²) in [5.74, 6) is 0. The molecule has 0 aromatic heterocycles. The summed E-state index contributed by atoms with van der Waals surface area (Å²) in [5, 5.41) is 1.50. The van der Waals surface area contributed by atoms with Gasteiger partial charge in [-0.2, -0.15) is 0 Å². The van der Waals surface area contributed by atoms with E-state index in [0.29, 0.717) is 0 Å². The molecule has 1 nitrogen and oxygen atoms in total. The van der Waals surface area contributed by atoms with Crippen LogP contribution in [0, 0.1) is 0 Å². The fourth-order valence-corrected chi connectivity index (χ4v) is 3.31. The van der Waals surface area contributed by atoms with Gasteiger partial charge in [0.05, 0.1) is 0 Å². The molecule has 0 heterocycles. The summed E-state index contributed by atoms with van der Waals surface area (Å²) in [6.07, 6.45) is 0. The Kier molecular flexibility index (Phi) is 3.06. The molecule has 0 amide bonds. The van der Waals surface area contributed by atoms with Crippen LogP contribution in [0.4, 0.5) is 0 Å². The second-order valence-electron chi connectivity index (χ2n) is 3.30. The molecule has 12 heavy (non-hydrogen) atoms. The molecule has 0 bridgehead atoms. The van der Waals surface area contributed by atoms with Crippen molar-refractivity contribution in [2.45, 2.75) is 19.5 Å². The van der Waals surface area contributed by atoms with Gasteiger partial charge in [0.15, 0.2) is 8.24 Å². The van der Waals surface area contributed by atoms with E-state index in [9.17, 15) is 0 Å². The summed E-state index contributed by atoms with van der Waals surface area (Å²) in [7, 11) is 0.749. The van der Waals surface area contributed by atoms with Crippen molar-refractivity contribution in [2.75, 3.05) is 7.05 Å². The molecule has 0 saturated carbocycles. The first-order valence-electron chi connectivity index (χ1n) is 4.47. The van der Waals surface area contributed by atoms with Crippen molar-refractivity contribution in [2.24, 2.45) is 0 Å². The summed E-state index contributed by atoms with van der Waals surface area (Å²) < 4.78 is 0. The highest BCUT2D eigenvalue weighted by atomic mass is 28.3. The molecule has 66 valence electrons. The van der Waals surface area contributed by atoms with Crippen LogP contribution in [0.3, 0.4) is 0 Å². The van der Waals surface area contributed by atoms with Gasteiger partial charge < -0.3 is 4.98 Å². The SMILES string of the molecule is CC[Si](C)(NC)c1ccccc1. The van der Waals surface area contributed by atoms with Crippen LogP contribution in [0.15, 0.2) is 30.3 Å². The molecule has 1 unspecified atom stereocenters. The molecule has 0 aliphatic carbocycles. The van der Waals surface area contributed by atoms with Crippen LogP contribution in [-0.4, -0.2) is 15.3 Å². The van der Waals surface area contributed by atoms with Crippen LogP contribution in [0.5, 0.6) is 0 Å². The minimum absolute atomic E-state index is 1.24. The highest BCUT2D eigenvalue weighted by molar-refractivity contribution is 6.88. The summed E-state index contributed by atoms with van der Waals surface area (Å²) in [6, 6.07) is 12.0. The topological polar surface area (TPSA) is 12.0 Å². The molecule has 0 radical (unpaired) electrons. The first-order valence-corrected chi connectivity index (χ1v) is 7.18. The molecule has 1 rings (SSSR count). The first kappa shape index (κ1) is 9.48. The first-order chi connectivity index (χ1) is 5.73. The molecule has 0 fully saturated rings. The molecular weight excluding hydrogens is 162 g/mol. The lowest BCUT2D eigenvalue weighted by Crippen LogP contribution is -2.55. The van der Waals surface area contributed by atoms with E-state index in [1.54, 1.807) is 0 Å². The third kappa shape index (κ3) is 1.76. The second-order valence-corrected chi connectivity index (χ2v) is 7.75. The van der Waals surface area contributed by atoms with Crippen LogP contribution in [0.1, 0.15) is 6.92 Å². The van der Waals surface area contributed by atoms with Gasteiger partial charge in [0.25, 0.3) is 0 Å². The number of benzene rings is 1. The van der Waals surface area contributed by atoms with Gasteiger partial charge >= 0.3 is 0 Å². The highest BCUT2D eigenvalue weighted by Crippen LogP contribution is 2.04.